The van der Waals surface area contributed by atoms with Gasteiger partial charge in [-0.2, -0.15) is 0 Å². The number of hydrogen-bond donors (Lipinski definition) is 0. The molecule has 0 aliphatic heterocycles. The molecule has 5 aromatic rings. The van der Waals surface area contributed by atoms with Crippen molar-refractivity contribution in [3.05, 3.63) is 120 Å². The number of carbonyl (C=O) groups excluding carboxylic acids is 1. The minimum absolute atomic E-state index is 0.273. The summed E-state index contributed by atoms with van der Waals surface area (Å²) < 4.78 is 19.1. The fourth-order valence-electron chi connectivity index (χ4n) is 4.80. The van der Waals surface area contributed by atoms with Gasteiger partial charge in [0.05, 0.1) is 19.4 Å². The van der Waals surface area contributed by atoms with E-state index in [4.69, 9.17) is 13.9 Å². The zero-order valence-corrected chi connectivity index (χ0v) is 22.5. The highest BCUT2D eigenvalue weighted by molar-refractivity contribution is 5.76. The fourth-order valence-corrected chi connectivity index (χ4v) is 4.80. The smallest absolute Gasteiger partial charge is 0.329 e. The molecule has 0 amide bonds. The van der Waals surface area contributed by atoms with Crippen molar-refractivity contribution in [3.63, 3.8) is 0 Å². The SMILES string of the molecule is COC(=O)C(Cc1ccc(OCCc2nc(-c3ccccc3)oc2C)cc1)n1c(C)ccc1-c1ccccc1. The summed E-state index contributed by atoms with van der Waals surface area (Å²) in [7, 11) is 1.44. The maximum Gasteiger partial charge on any atom is 0.329 e. The molecule has 198 valence electrons. The summed E-state index contributed by atoms with van der Waals surface area (Å²) in [6.45, 7) is 4.42. The number of carbonyl (C=O) groups is 1. The van der Waals surface area contributed by atoms with Gasteiger partial charge in [0.2, 0.25) is 5.89 Å². The summed E-state index contributed by atoms with van der Waals surface area (Å²) in [6.07, 6.45) is 1.15. The molecule has 1 unspecified atom stereocenters. The molecular weight excluding hydrogens is 488 g/mol. The number of benzene rings is 3. The number of ether oxygens (including phenoxy) is 2. The predicted molar refractivity (Wildman–Crippen MR) is 152 cm³/mol. The van der Waals surface area contributed by atoms with Crippen molar-refractivity contribution in [1.82, 2.24) is 9.55 Å². The zero-order valence-electron chi connectivity index (χ0n) is 22.5. The number of nitrogens with zero attached hydrogens (tertiary/aromatic N) is 2. The van der Waals surface area contributed by atoms with Crippen LogP contribution in [0.25, 0.3) is 22.7 Å². The van der Waals surface area contributed by atoms with Crippen molar-refractivity contribution >= 4 is 5.97 Å². The molecule has 0 N–H and O–H groups in total. The van der Waals surface area contributed by atoms with Gasteiger partial charge in [0.25, 0.3) is 0 Å². The molecule has 2 heterocycles. The first kappa shape index (κ1) is 26.0. The second-order valence-electron chi connectivity index (χ2n) is 9.47. The average molecular weight is 521 g/mol. The first-order valence-corrected chi connectivity index (χ1v) is 13.1. The number of aryl methyl sites for hydroxylation is 2. The summed E-state index contributed by atoms with van der Waals surface area (Å²) in [5.41, 5.74) is 5.92. The number of hydrogen-bond acceptors (Lipinski definition) is 5. The number of oxazole rings is 1. The standard InChI is InChI=1S/C33H32N2O4/c1-23-14-19-30(26-10-6-4-7-11-26)35(23)31(33(36)37-3)22-25-15-17-28(18-16-25)38-21-20-29-24(2)39-32(34-29)27-12-8-5-9-13-27/h4-19,31H,20-22H2,1-3H3. The molecule has 0 aliphatic carbocycles. The topological polar surface area (TPSA) is 66.5 Å². The third-order valence-corrected chi connectivity index (χ3v) is 6.85. The molecule has 6 heteroatoms. The Morgan fingerprint density at radius 1 is 0.872 bits per heavy atom. The molecule has 3 aromatic carbocycles. The Labute approximate surface area is 228 Å². The predicted octanol–water partition coefficient (Wildman–Crippen LogP) is 7.01. The molecule has 39 heavy (non-hydrogen) atoms. The molecule has 0 aliphatic rings. The summed E-state index contributed by atoms with van der Waals surface area (Å²) in [6, 6.07) is 31.4. The first-order chi connectivity index (χ1) is 19.0. The van der Waals surface area contributed by atoms with E-state index in [1.807, 2.05) is 92.7 Å². The third-order valence-electron chi connectivity index (χ3n) is 6.85. The van der Waals surface area contributed by atoms with E-state index in [0.717, 1.165) is 45.3 Å². The molecule has 0 spiro atoms. The second-order valence-corrected chi connectivity index (χ2v) is 9.47. The normalized spacial score (nSPS) is 11.8. The highest BCUT2D eigenvalue weighted by Gasteiger charge is 2.25. The largest absolute Gasteiger partial charge is 0.493 e. The van der Waals surface area contributed by atoms with Gasteiger partial charge in [-0.05, 0) is 61.4 Å². The fraction of sp³-hybridized carbons (Fsp3) is 0.212. The summed E-state index contributed by atoms with van der Waals surface area (Å²) >= 11 is 0. The molecule has 0 bridgehead atoms. The molecule has 5 rings (SSSR count). The lowest BCUT2D eigenvalue weighted by molar-refractivity contribution is -0.144. The quantitative estimate of drug-likeness (QED) is 0.185. The Morgan fingerprint density at radius 2 is 1.54 bits per heavy atom. The Hall–Kier alpha value is -4.58. The molecule has 0 saturated carbocycles. The van der Waals surface area contributed by atoms with E-state index in [1.165, 1.54) is 7.11 Å². The maximum atomic E-state index is 12.9. The monoisotopic (exact) mass is 520 g/mol. The molecule has 0 saturated heterocycles. The van der Waals surface area contributed by atoms with Crippen LogP contribution in [0.15, 0.2) is 101 Å². The van der Waals surface area contributed by atoms with Gasteiger partial charge < -0.3 is 18.5 Å². The Bertz CT molecular complexity index is 1520. The molecular formula is C33H32N2O4. The summed E-state index contributed by atoms with van der Waals surface area (Å²) in [4.78, 5) is 17.6. The van der Waals surface area contributed by atoms with E-state index in [0.29, 0.717) is 25.3 Å². The van der Waals surface area contributed by atoms with Gasteiger partial charge in [0.15, 0.2) is 0 Å². The van der Waals surface area contributed by atoms with Gasteiger partial charge in [0.1, 0.15) is 17.6 Å². The Morgan fingerprint density at radius 3 is 2.21 bits per heavy atom. The van der Waals surface area contributed by atoms with Crippen LogP contribution >= 0.6 is 0 Å². The number of methoxy groups -OCH3 is 1. The number of aromatic nitrogens is 2. The molecule has 2 aromatic heterocycles. The lowest BCUT2D eigenvalue weighted by Crippen LogP contribution is -2.24. The Balaban J connectivity index is 1.25. The van der Waals surface area contributed by atoms with Gasteiger partial charge in [-0.3, -0.25) is 0 Å². The van der Waals surface area contributed by atoms with E-state index in [-0.39, 0.29) is 5.97 Å². The first-order valence-electron chi connectivity index (χ1n) is 13.1. The van der Waals surface area contributed by atoms with E-state index < -0.39 is 6.04 Å². The maximum absolute atomic E-state index is 12.9. The van der Waals surface area contributed by atoms with Crippen LogP contribution in [0.1, 0.15) is 28.8 Å². The van der Waals surface area contributed by atoms with Gasteiger partial charge in [-0.15, -0.1) is 0 Å². The van der Waals surface area contributed by atoms with Gasteiger partial charge in [-0.1, -0.05) is 60.7 Å². The van der Waals surface area contributed by atoms with E-state index in [1.54, 1.807) is 0 Å². The minimum atomic E-state index is -0.485. The van der Waals surface area contributed by atoms with Crippen molar-refractivity contribution in [2.24, 2.45) is 0 Å². The highest BCUT2D eigenvalue weighted by atomic mass is 16.5. The van der Waals surface area contributed by atoms with Gasteiger partial charge in [0, 0.05) is 29.8 Å². The van der Waals surface area contributed by atoms with E-state index >= 15 is 0 Å². The van der Waals surface area contributed by atoms with Crippen LogP contribution in [0.5, 0.6) is 5.75 Å². The van der Waals surface area contributed by atoms with Crippen molar-refractivity contribution < 1.29 is 18.7 Å². The number of rotatable bonds is 10. The third kappa shape index (κ3) is 5.96. The lowest BCUT2D eigenvalue weighted by Gasteiger charge is -2.22. The zero-order chi connectivity index (χ0) is 27.2. The molecule has 1 atom stereocenters. The van der Waals surface area contributed by atoms with Crippen molar-refractivity contribution in [1.29, 1.82) is 0 Å². The van der Waals surface area contributed by atoms with Crippen molar-refractivity contribution in [3.8, 4) is 28.5 Å². The van der Waals surface area contributed by atoms with Crippen LogP contribution in [0.2, 0.25) is 0 Å². The lowest BCUT2D eigenvalue weighted by atomic mass is 10.0. The van der Waals surface area contributed by atoms with Crippen molar-refractivity contribution in [2.45, 2.75) is 32.7 Å². The van der Waals surface area contributed by atoms with E-state index in [2.05, 4.69) is 27.8 Å². The number of esters is 1. The van der Waals surface area contributed by atoms with Gasteiger partial charge in [-0.25, -0.2) is 9.78 Å². The molecule has 0 radical (unpaired) electrons. The second kappa shape index (κ2) is 11.9. The van der Waals surface area contributed by atoms with Crippen LogP contribution in [0, 0.1) is 13.8 Å². The summed E-state index contributed by atoms with van der Waals surface area (Å²) in [5.74, 6) is 1.92. The van der Waals surface area contributed by atoms with Crippen LogP contribution in [0.4, 0.5) is 0 Å². The van der Waals surface area contributed by atoms with Crippen LogP contribution in [-0.4, -0.2) is 29.2 Å². The van der Waals surface area contributed by atoms with Crippen LogP contribution in [0.3, 0.4) is 0 Å². The Kier molecular flexibility index (Phi) is 7.92. The minimum Gasteiger partial charge on any atom is -0.493 e. The van der Waals surface area contributed by atoms with Crippen LogP contribution < -0.4 is 4.74 Å². The van der Waals surface area contributed by atoms with Gasteiger partial charge >= 0.3 is 5.97 Å². The summed E-state index contributed by atoms with van der Waals surface area (Å²) in [5, 5.41) is 0. The molecule has 6 nitrogen and oxygen atoms in total. The molecule has 0 fully saturated rings. The average Bonchev–Trinajstić information content (AvgIpc) is 3.55. The van der Waals surface area contributed by atoms with E-state index in [9.17, 15) is 4.79 Å². The van der Waals surface area contributed by atoms with Crippen LogP contribution in [-0.2, 0) is 22.4 Å². The highest BCUT2D eigenvalue weighted by Crippen LogP contribution is 2.29. The van der Waals surface area contributed by atoms with Crippen molar-refractivity contribution in [2.75, 3.05) is 13.7 Å².